The molecule has 0 saturated carbocycles. The van der Waals surface area contributed by atoms with Gasteiger partial charge in [-0.3, -0.25) is 0 Å². The molecule has 2 fully saturated rings. The van der Waals surface area contributed by atoms with E-state index in [2.05, 4.69) is 72.8 Å². The lowest BCUT2D eigenvalue weighted by molar-refractivity contribution is -0.191. The van der Waals surface area contributed by atoms with Gasteiger partial charge in [0.1, 0.15) is 5.82 Å². The first-order valence-corrected chi connectivity index (χ1v) is 14.2. The SMILES string of the molecule is CCc1ccc(N(c2[nH]c3cc(C#N)ccc3c2C)C(C)C)cc1C1CCN(C2CCOCC2)CC1.O=C=O. The van der Waals surface area contributed by atoms with Gasteiger partial charge in [-0.2, -0.15) is 14.9 Å². The fourth-order valence-corrected chi connectivity index (χ4v) is 6.38. The molecule has 2 aliphatic rings. The second kappa shape index (κ2) is 13.1. The number of carbonyl (C=O) groups excluding carboxylic acids is 2. The van der Waals surface area contributed by atoms with Gasteiger partial charge in [0, 0.05) is 41.9 Å². The fraction of sp³-hybridized carbons (Fsp3) is 0.500. The number of hydrogen-bond acceptors (Lipinski definition) is 6. The van der Waals surface area contributed by atoms with E-state index >= 15 is 0 Å². The number of nitrogens with zero attached hydrogens (tertiary/aromatic N) is 3. The van der Waals surface area contributed by atoms with E-state index in [1.807, 2.05) is 12.1 Å². The van der Waals surface area contributed by atoms with Crippen LogP contribution in [-0.2, 0) is 20.7 Å². The highest BCUT2D eigenvalue weighted by Crippen LogP contribution is 2.39. The van der Waals surface area contributed by atoms with Crippen LogP contribution in [0.1, 0.15) is 74.6 Å². The van der Waals surface area contributed by atoms with Gasteiger partial charge < -0.3 is 19.5 Å². The van der Waals surface area contributed by atoms with E-state index in [0.29, 0.717) is 23.6 Å². The van der Waals surface area contributed by atoms with E-state index in [0.717, 1.165) is 31.0 Å². The zero-order valence-electron chi connectivity index (χ0n) is 23.6. The fourth-order valence-electron chi connectivity index (χ4n) is 6.38. The molecule has 3 heterocycles. The van der Waals surface area contributed by atoms with Gasteiger partial charge in [-0.25, -0.2) is 0 Å². The van der Waals surface area contributed by atoms with Gasteiger partial charge in [0.05, 0.1) is 11.6 Å². The van der Waals surface area contributed by atoms with Gasteiger partial charge >= 0.3 is 6.15 Å². The molecule has 3 aromatic rings. The van der Waals surface area contributed by atoms with Crippen molar-refractivity contribution in [2.45, 2.75) is 77.8 Å². The summed E-state index contributed by atoms with van der Waals surface area (Å²) in [4.78, 5) is 25.0. The summed E-state index contributed by atoms with van der Waals surface area (Å²) in [5.41, 5.74) is 7.21. The zero-order chi connectivity index (χ0) is 27.9. The number of anilines is 2. The largest absolute Gasteiger partial charge is 0.381 e. The van der Waals surface area contributed by atoms with Crippen molar-refractivity contribution >= 4 is 28.6 Å². The number of likely N-dealkylation sites (tertiary alicyclic amines) is 1. The van der Waals surface area contributed by atoms with Gasteiger partial charge in [0.15, 0.2) is 0 Å². The molecule has 206 valence electrons. The van der Waals surface area contributed by atoms with E-state index in [4.69, 9.17) is 14.3 Å². The van der Waals surface area contributed by atoms with E-state index in [1.54, 1.807) is 0 Å². The maximum atomic E-state index is 9.36. The number of nitriles is 1. The molecule has 2 saturated heterocycles. The van der Waals surface area contributed by atoms with Crippen molar-refractivity contribution in [3.05, 3.63) is 58.7 Å². The Hall–Kier alpha value is -3.43. The summed E-state index contributed by atoms with van der Waals surface area (Å²) < 4.78 is 5.59. The second-order valence-corrected chi connectivity index (χ2v) is 10.9. The predicted octanol–water partition coefficient (Wildman–Crippen LogP) is 6.23. The Morgan fingerprint density at radius 2 is 1.77 bits per heavy atom. The van der Waals surface area contributed by atoms with E-state index in [-0.39, 0.29) is 6.15 Å². The van der Waals surface area contributed by atoms with Crippen LogP contribution in [0.3, 0.4) is 0 Å². The van der Waals surface area contributed by atoms with Gasteiger partial charge in [-0.05, 0) is 113 Å². The minimum absolute atomic E-state index is 0.250. The molecule has 0 aliphatic carbocycles. The van der Waals surface area contributed by atoms with E-state index < -0.39 is 0 Å². The Morgan fingerprint density at radius 1 is 1.08 bits per heavy atom. The van der Waals surface area contributed by atoms with Crippen molar-refractivity contribution in [2.75, 3.05) is 31.2 Å². The lowest BCUT2D eigenvalue weighted by Gasteiger charge is -2.40. The molecule has 2 aromatic carbocycles. The average molecular weight is 529 g/mol. The first-order valence-electron chi connectivity index (χ1n) is 14.2. The number of H-pyrrole nitrogens is 1. The van der Waals surface area contributed by atoms with Crippen molar-refractivity contribution in [3.63, 3.8) is 0 Å². The van der Waals surface area contributed by atoms with Crippen LogP contribution in [0.4, 0.5) is 11.5 Å². The Labute approximate surface area is 231 Å². The molecule has 1 N–H and O–H groups in total. The molecule has 7 nitrogen and oxygen atoms in total. The maximum absolute atomic E-state index is 9.36. The number of nitrogens with one attached hydrogen (secondary N) is 1. The smallest absolute Gasteiger partial charge is 0.373 e. The van der Waals surface area contributed by atoms with Crippen molar-refractivity contribution in [1.82, 2.24) is 9.88 Å². The number of benzene rings is 2. The Morgan fingerprint density at radius 3 is 2.38 bits per heavy atom. The molecule has 0 unspecified atom stereocenters. The molecule has 0 amide bonds. The number of aromatic amines is 1. The third-order valence-electron chi connectivity index (χ3n) is 8.38. The van der Waals surface area contributed by atoms with Crippen LogP contribution in [0.15, 0.2) is 36.4 Å². The van der Waals surface area contributed by atoms with Gasteiger partial charge in [0.2, 0.25) is 0 Å². The summed E-state index contributed by atoms with van der Waals surface area (Å²) in [7, 11) is 0. The standard InChI is InChI=1S/C31H40N4O.CO2/c1-5-24-7-8-27(19-29(24)25-10-14-34(15-11-25)26-12-16-36-17-13-26)35(21(2)3)31-22(4)28-9-6-23(20-32)18-30(28)33-31;2-1-3/h6-9,18-19,21,25-26,33H,5,10-17H2,1-4H3;. The Balaban J connectivity index is 0.00000112. The lowest BCUT2D eigenvalue weighted by atomic mass is 9.84. The second-order valence-electron chi connectivity index (χ2n) is 10.9. The summed E-state index contributed by atoms with van der Waals surface area (Å²) >= 11 is 0. The van der Waals surface area contributed by atoms with Crippen molar-refractivity contribution in [2.24, 2.45) is 0 Å². The number of piperidine rings is 1. The molecule has 39 heavy (non-hydrogen) atoms. The van der Waals surface area contributed by atoms with Crippen LogP contribution in [0.2, 0.25) is 0 Å². The van der Waals surface area contributed by atoms with Gasteiger partial charge in [0.25, 0.3) is 0 Å². The number of aryl methyl sites for hydroxylation is 2. The first kappa shape index (κ1) is 28.6. The number of rotatable bonds is 6. The maximum Gasteiger partial charge on any atom is 0.373 e. The van der Waals surface area contributed by atoms with Crippen LogP contribution in [0.5, 0.6) is 0 Å². The molecule has 0 spiro atoms. The van der Waals surface area contributed by atoms with Crippen LogP contribution in [0.25, 0.3) is 10.9 Å². The summed E-state index contributed by atoms with van der Waals surface area (Å²) in [5.74, 6) is 1.74. The van der Waals surface area contributed by atoms with E-state index in [9.17, 15) is 5.26 Å². The molecule has 1 aromatic heterocycles. The summed E-state index contributed by atoms with van der Waals surface area (Å²) in [6, 6.07) is 16.3. The monoisotopic (exact) mass is 528 g/mol. The van der Waals surface area contributed by atoms with Crippen LogP contribution in [0, 0.1) is 18.3 Å². The zero-order valence-corrected chi connectivity index (χ0v) is 23.6. The highest BCUT2D eigenvalue weighted by molar-refractivity contribution is 5.91. The molecular weight excluding hydrogens is 488 g/mol. The van der Waals surface area contributed by atoms with E-state index in [1.165, 1.54) is 66.5 Å². The van der Waals surface area contributed by atoms with Crippen molar-refractivity contribution in [1.29, 1.82) is 5.26 Å². The molecular formula is C32H40N4O3. The minimum atomic E-state index is 0.250. The van der Waals surface area contributed by atoms with Gasteiger partial charge in [-0.1, -0.05) is 19.1 Å². The molecule has 0 bridgehead atoms. The van der Waals surface area contributed by atoms with Crippen LogP contribution in [-0.4, -0.2) is 54.4 Å². The number of aromatic nitrogens is 1. The summed E-state index contributed by atoms with van der Waals surface area (Å²) in [6.07, 6.45) is 6.16. The Bertz CT molecular complexity index is 1340. The highest BCUT2D eigenvalue weighted by atomic mass is 16.5. The topological polar surface area (TPSA) is 89.4 Å². The quantitative estimate of drug-likeness (QED) is 0.408. The molecule has 5 rings (SSSR count). The van der Waals surface area contributed by atoms with Crippen LogP contribution < -0.4 is 4.90 Å². The van der Waals surface area contributed by atoms with Crippen molar-refractivity contribution in [3.8, 4) is 6.07 Å². The molecule has 0 radical (unpaired) electrons. The average Bonchev–Trinajstić information content (AvgIpc) is 3.28. The normalized spacial score (nSPS) is 16.9. The van der Waals surface area contributed by atoms with Crippen LogP contribution >= 0.6 is 0 Å². The summed E-state index contributed by atoms with van der Waals surface area (Å²) in [6.45, 7) is 13.2. The highest BCUT2D eigenvalue weighted by Gasteiger charge is 2.29. The first-order chi connectivity index (χ1) is 18.9. The van der Waals surface area contributed by atoms with Gasteiger partial charge in [-0.15, -0.1) is 0 Å². The lowest BCUT2D eigenvalue weighted by Crippen LogP contribution is -2.43. The Kier molecular flexibility index (Phi) is 9.59. The number of hydrogen-bond donors (Lipinski definition) is 1. The third-order valence-corrected chi connectivity index (χ3v) is 8.38. The molecule has 0 atom stereocenters. The summed E-state index contributed by atoms with van der Waals surface area (Å²) in [5, 5.41) is 10.5. The minimum Gasteiger partial charge on any atom is -0.381 e. The predicted molar refractivity (Wildman–Crippen MR) is 153 cm³/mol. The molecule has 7 heteroatoms. The third kappa shape index (κ3) is 6.25. The number of ether oxygens (including phenoxy) is 1. The van der Waals surface area contributed by atoms with Crippen molar-refractivity contribution < 1.29 is 14.3 Å². The molecule has 2 aliphatic heterocycles. The number of fused-ring (bicyclic) bond motifs is 1.